The van der Waals surface area contributed by atoms with Crippen molar-refractivity contribution in [2.24, 2.45) is 11.8 Å². The van der Waals surface area contributed by atoms with E-state index in [0.717, 1.165) is 30.1 Å². The molecule has 2 amide bonds. The number of nitrogens with zero attached hydrogens (tertiary/aromatic N) is 3. The van der Waals surface area contributed by atoms with E-state index in [2.05, 4.69) is 4.90 Å². The van der Waals surface area contributed by atoms with Crippen molar-refractivity contribution in [3.05, 3.63) is 71.3 Å². The van der Waals surface area contributed by atoms with Crippen molar-refractivity contribution < 1.29 is 19.1 Å². The van der Waals surface area contributed by atoms with Gasteiger partial charge >= 0.3 is 0 Å². The predicted molar refractivity (Wildman–Crippen MR) is 132 cm³/mol. The first-order valence-electron chi connectivity index (χ1n) is 12.1. The lowest BCUT2D eigenvalue weighted by Crippen LogP contribution is -2.53. The van der Waals surface area contributed by atoms with Crippen LogP contribution in [0.15, 0.2) is 60.7 Å². The van der Waals surface area contributed by atoms with E-state index in [1.165, 1.54) is 0 Å². The fraction of sp³-hybridized carbons (Fsp3) is 0.407. The summed E-state index contributed by atoms with van der Waals surface area (Å²) in [5, 5.41) is 0.637. The SMILES string of the molecule is COc1ccc(N2CCN(C(=O)C3[C@H]4C=CC5(CN(Cc6ccccc6Cl)C(=O)[C@@H]35)O4)CC2)cc1. The van der Waals surface area contributed by atoms with Gasteiger partial charge in [0.2, 0.25) is 11.8 Å². The molecule has 2 bridgehead atoms. The average molecular weight is 494 g/mol. The van der Waals surface area contributed by atoms with Crippen LogP contribution in [0.2, 0.25) is 5.02 Å². The smallest absolute Gasteiger partial charge is 0.230 e. The van der Waals surface area contributed by atoms with Gasteiger partial charge in [-0.25, -0.2) is 0 Å². The molecule has 6 rings (SSSR count). The van der Waals surface area contributed by atoms with Crippen LogP contribution < -0.4 is 9.64 Å². The van der Waals surface area contributed by atoms with E-state index < -0.39 is 17.4 Å². The number of rotatable bonds is 5. The number of likely N-dealkylation sites (tertiary alicyclic amines) is 1. The molecular formula is C27H28ClN3O4. The molecule has 4 heterocycles. The zero-order valence-corrected chi connectivity index (χ0v) is 20.4. The molecular weight excluding hydrogens is 466 g/mol. The Morgan fingerprint density at radius 3 is 2.57 bits per heavy atom. The molecule has 4 atom stereocenters. The van der Waals surface area contributed by atoms with E-state index in [-0.39, 0.29) is 17.9 Å². The molecule has 3 saturated heterocycles. The van der Waals surface area contributed by atoms with E-state index in [0.29, 0.717) is 31.2 Å². The first-order valence-corrected chi connectivity index (χ1v) is 12.4. The largest absolute Gasteiger partial charge is 0.497 e. The van der Waals surface area contributed by atoms with Crippen LogP contribution in [0.25, 0.3) is 0 Å². The topological polar surface area (TPSA) is 62.3 Å². The molecule has 182 valence electrons. The van der Waals surface area contributed by atoms with Crippen LogP contribution in [0.4, 0.5) is 5.69 Å². The van der Waals surface area contributed by atoms with Crippen molar-refractivity contribution in [3.8, 4) is 5.75 Å². The Balaban J connectivity index is 1.15. The van der Waals surface area contributed by atoms with Gasteiger partial charge in [0.05, 0.1) is 31.6 Å². The molecule has 4 aliphatic rings. The van der Waals surface area contributed by atoms with Gasteiger partial charge in [-0.15, -0.1) is 0 Å². The van der Waals surface area contributed by atoms with Gasteiger partial charge in [-0.3, -0.25) is 9.59 Å². The normalized spacial score (nSPS) is 29.1. The lowest BCUT2D eigenvalue weighted by molar-refractivity contribution is -0.143. The second-order valence-electron chi connectivity index (χ2n) is 9.70. The van der Waals surface area contributed by atoms with Gasteiger partial charge in [0.1, 0.15) is 11.4 Å². The molecule has 0 saturated carbocycles. The number of hydrogen-bond acceptors (Lipinski definition) is 5. The number of fused-ring (bicyclic) bond motifs is 1. The number of carbonyl (C=O) groups is 2. The van der Waals surface area contributed by atoms with Crippen molar-refractivity contribution in [2.45, 2.75) is 18.2 Å². The van der Waals surface area contributed by atoms with Crippen LogP contribution in [0, 0.1) is 11.8 Å². The summed E-state index contributed by atoms with van der Waals surface area (Å²) < 4.78 is 11.6. The van der Waals surface area contributed by atoms with Crippen molar-refractivity contribution in [2.75, 3.05) is 44.7 Å². The Labute approximate surface area is 209 Å². The quantitative estimate of drug-likeness (QED) is 0.599. The summed E-state index contributed by atoms with van der Waals surface area (Å²) in [5.74, 6) is -0.130. The van der Waals surface area contributed by atoms with Crippen LogP contribution in [-0.2, 0) is 20.9 Å². The van der Waals surface area contributed by atoms with Crippen LogP contribution in [0.3, 0.4) is 0 Å². The second-order valence-corrected chi connectivity index (χ2v) is 10.1. The summed E-state index contributed by atoms with van der Waals surface area (Å²) in [6.07, 6.45) is 3.63. The number of carbonyl (C=O) groups excluding carboxylic acids is 2. The van der Waals surface area contributed by atoms with E-state index in [9.17, 15) is 9.59 Å². The number of halogens is 1. The number of methoxy groups -OCH3 is 1. The second kappa shape index (κ2) is 8.57. The van der Waals surface area contributed by atoms with Gasteiger partial charge in [0.25, 0.3) is 0 Å². The van der Waals surface area contributed by atoms with Crippen molar-refractivity contribution in [3.63, 3.8) is 0 Å². The highest BCUT2D eigenvalue weighted by Gasteiger charge is 2.67. The minimum atomic E-state index is -0.714. The molecule has 0 aromatic heterocycles. The molecule has 2 aromatic rings. The Bertz CT molecular complexity index is 1180. The third-order valence-corrected chi connectivity index (χ3v) is 8.18. The minimum Gasteiger partial charge on any atom is -0.497 e. The van der Waals surface area contributed by atoms with Crippen molar-refractivity contribution in [1.29, 1.82) is 0 Å². The molecule has 7 nitrogen and oxygen atoms in total. The molecule has 2 aromatic carbocycles. The van der Waals surface area contributed by atoms with Crippen LogP contribution in [0.1, 0.15) is 5.56 Å². The molecule has 0 aliphatic carbocycles. The third kappa shape index (κ3) is 3.69. The van der Waals surface area contributed by atoms with Gasteiger partial charge in [-0.2, -0.15) is 0 Å². The molecule has 1 spiro atoms. The molecule has 35 heavy (non-hydrogen) atoms. The molecule has 3 fully saturated rings. The highest BCUT2D eigenvalue weighted by atomic mass is 35.5. The van der Waals surface area contributed by atoms with Crippen LogP contribution in [0.5, 0.6) is 5.75 Å². The van der Waals surface area contributed by atoms with Gasteiger partial charge in [0, 0.05) is 43.4 Å². The zero-order valence-electron chi connectivity index (χ0n) is 19.6. The molecule has 0 radical (unpaired) electrons. The van der Waals surface area contributed by atoms with E-state index >= 15 is 0 Å². The summed E-state index contributed by atoms with van der Waals surface area (Å²) in [6, 6.07) is 15.5. The predicted octanol–water partition coefficient (Wildman–Crippen LogP) is 2.98. The number of anilines is 1. The summed E-state index contributed by atoms with van der Waals surface area (Å²) in [5.41, 5.74) is 1.30. The average Bonchev–Trinajstić information content (AvgIpc) is 3.53. The Hall–Kier alpha value is -3.03. The maximum absolute atomic E-state index is 13.7. The fourth-order valence-electron chi connectivity index (χ4n) is 6.02. The van der Waals surface area contributed by atoms with Crippen molar-refractivity contribution in [1.82, 2.24) is 9.80 Å². The molecule has 8 heteroatoms. The number of amides is 2. The standard InChI is InChI=1S/C27H28ClN3O4/c1-34-20-8-6-19(7-9-20)29-12-14-30(15-13-29)25(32)23-22-10-11-27(35-22)17-31(26(33)24(23)27)16-18-4-2-3-5-21(18)28/h2-11,22-24H,12-17H2,1H3/t22-,23?,24-,27?/m1/s1. The van der Waals surface area contributed by atoms with Gasteiger partial charge in [-0.1, -0.05) is 42.0 Å². The monoisotopic (exact) mass is 493 g/mol. The van der Waals surface area contributed by atoms with Gasteiger partial charge < -0.3 is 24.2 Å². The lowest BCUT2D eigenvalue weighted by Gasteiger charge is -2.38. The lowest BCUT2D eigenvalue weighted by atomic mass is 9.76. The maximum atomic E-state index is 13.7. The van der Waals surface area contributed by atoms with Crippen molar-refractivity contribution >= 4 is 29.1 Å². The number of benzene rings is 2. The Kier molecular flexibility index (Phi) is 5.49. The number of piperazine rings is 1. The van der Waals surface area contributed by atoms with E-state index in [1.54, 1.807) is 12.0 Å². The zero-order chi connectivity index (χ0) is 24.2. The summed E-state index contributed by atoms with van der Waals surface area (Å²) >= 11 is 6.35. The molecule has 0 N–H and O–H groups in total. The first-order chi connectivity index (χ1) is 17.0. The van der Waals surface area contributed by atoms with Crippen LogP contribution in [-0.4, -0.2) is 73.2 Å². The minimum absolute atomic E-state index is 0.0213. The number of ether oxygens (including phenoxy) is 2. The fourth-order valence-corrected chi connectivity index (χ4v) is 6.21. The Morgan fingerprint density at radius 1 is 1.11 bits per heavy atom. The van der Waals surface area contributed by atoms with Gasteiger partial charge in [-0.05, 0) is 35.9 Å². The summed E-state index contributed by atoms with van der Waals surface area (Å²) in [6.45, 7) is 3.59. The Morgan fingerprint density at radius 2 is 1.86 bits per heavy atom. The molecule has 4 aliphatic heterocycles. The number of hydrogen-bond donors (Lipinski definition) is 0. The third-order valence-electron chi connectivity index (χ3n) is 7.81. The summed E-state index contributed by atoms with van der Waals surface area (Å²) in [4.78, 5) is 33.2. The summed E-state index contributed by atoms with van der Waals surface area (Å²) in [7, 11) is 1.66. The highest BCUT2D eigenvalue weighted by Crippen LogP contribution is 2.52. The highest BCUT2D eigenvalue weighted by molar-refractivity contribution is 6.31. The van der Waals surface area contributed by atoms with Gasteiger partial charge in [0.15, 0.2) is 0 Å². The van der Waals surface area contributed by atoms with Crippen LogP contribution >= 0.6 is 11.6 Å². The van der Waals surface area contributed by atoms with E-state index in [4.69, 9.17) is 21.1 Å². The molecule has 2 unspecified atom stereocenters. The first kappa shape index (κ1) is 22.4. The van der Waals surface area contributed by atoms with E-state index in [1.807, 2.05) is 65.6 Å². The maximum Gasteiger partial charge on any atom is 0.230 e.